The molecule has 0 spiro atoms. The van der Waals surface area contributed by atoms with E-state index in [0.29, 0.717) is 0 Å². The highest BCUT2D eigenvalue weighted by Gasteiger charge is 2.41. The lowest BCUT2D eigenvalue weighted by molar-refractivity contribution is 0.178. The second-order valence-electron chi connectivity index (χ2n) is 5.20. The number of nitrogens with one attached hydrogen (secondary N) is 1. The number of hydrogen-bond acceptors (Lipinski definition) is 4. The Bertz CT molecular complexity index is 820. The van der Waals surface area contributed by atoms with Gasteiger partial charge in [0.25, 0.3) is 8.24 Å². The number of primary sulfonamides is 1. The normalized spacial score (nSPS) is 21.3. The van der Waals surface area contributed by atoms with Gasteiger partial charge in [0.2, 0.25) is 10.0 Å². The van der Waals surface area contributed by atoms with Crippen LogP contribution in [0.25, 0.3) is 0 Å². The molecule has 1 aliphatic heterocycles. The zero-order valence-electron chi connectivity index (χ0n) is 12.0. The van der Waals surface area contributed by atoms with Gasteiger partial charge in [-0.25, -0.2) is 13.6 Å². The third-order valence-electron chi connectivity index (χ3n) is 3.66. The molecule has 22 heavy (non-hydrogen) atoms. The molecule has 0 aliphatic carbocycles. The molecule has 0 radical (unpaired) electrons. The van der Waals surface area contributed by atoms with Crippen LogP contribution in [0, 0.1) is 0 Å². The van der Waals surface area contributed by atoms with Crippen molar-refractivity contribution in [3.63, 3.8) is 0 Å². The average molecular weight is 332 g/mol. The number of hydrogen-bond donors (Lipinski definition) is 2. The SMILES string of the molecule is CC1=C[Si](c2ccccc2)(c2ccc(S(N)(=O)=O)cc2)NO1. The number of rotatable bonds is 3. The van der Waals surface area contributed by atoms with Crippen LogP contribution in [-0.2, 0) is 14.9 Å². The van der Waals surface area contributed by atoms with E-state index in [1.807, 2.05) is 37.3 Å². The Morgan fingerprint density at radius 2 is 1.59 bits per heavy atom. The maximum Gasteiger partial charge on any atom is 0.258 e. The van der Waals surface area contributed by atoms with Crippen molar-refractivity contribution < 1.29 is 13.3 Å². The van der Waals surface area contributed by atoms with Crippen LogP contribution in [0.3, 0.4) is 0 Å². The van der Waals surface area contributed by atoms with Crippen molar-refractivity contribution in [1.29, 1.82) is 0 Å². The standard InChI is InChI=1S/C15H16N2O3SSi/c1-12-11-22(17-20-12,14-5-3-2-4-6-14)15-9-7-13(8-10-15)21(16,18)19/h2-11,17H,1H3,(H2,16,18,19). The van der Waals surface area contributed by atoms with Gasteiger partial charge in [-0.05, 0) is 35.1 Å². The molecule has 0 aromatic heterocycles. The molecule has 1 atom stereocenters. The molecule has 0 saturated carbocycles. The molecule has 3 rings (SSSR count). The van der Waals surface area contributed by atoms with Gasteiger partial charge in [0.15, 0.2) is 0 Å². The number of sulfonamides is 1. The summed E-state index contributed by atoms with van der Waals surface area (Å²) in [5.41, 5.74) is 2.11. The Labute approximate surface area is 130 Å². The maximum absolute atomic E-state index is 11.4. The molecule has 2 aromatic carbocycles. The molecular weight excluding hydrogens is 316 g/mol. The second-order valence-corrected chi connectivity index (χ2v) is 10.0. The summed E-state index contributed by atoms with van der Waals surface area (Å²) in [6.07, 6.45) is 0. The summed E-state index contributed by atoms with van der Waals surface area (Å²) in [6.45, 7) is 1.89. The van der Waals surface area contributed by atoms with Gasteiger partial charge < -0.3 is 4.84 Å². The van der Waals surface area contributed by atoms with Gasteiger partial charge in [-0.2, -0.15) is 5.15 Å². The molecule has 5 nitrogen and oxygen atoms in total. The minimum absolute atomic E-state index is 0.105. The molecular formula is C15H16N2O3SSi. The van der Waals surface area contributed by atoms with Crippen molar-refractivity contribution in [1.82, 2.24) is 5.15 Å². The molecule has 3 N–H and O–H groups in total. The molecule has 0 bridgehead atoms. The van der Waals surface area contributed by atoms with Gasteiger partial charge >= 0.3 is 0 Å². The fourth-order valence-corrected chi connectivity index (χ4v) is 6.46. The maximum atomic E-state index is 11.4. The third-order valence-corrected chi connectivity index (χ3v) is 8.34. The Hall–Kier alpha value is -1.93. The first-order valence-electron chi connectivity index (χ1n) is 6.74. The zero-order valence-corrected chi connectivity index (χ0v) is 13.8. The van der Waals surface area contributed by atoms with Crippen molar-refractivity contribution in [2.75, 3.05) is 0 Å². The first kappa shape index (κ1) is 15.0. The molecule has 0 amide bonds. The van der Waals surface area contributed by atoms with E-state index in [1.54, 1.807) is 12.1 Å². The molecule has 1 aliphatic rings. The van der Waals surface area contributed by atoms with E-state index in [4.69, 9.17) is 9.98 Å². The van der Waals surface area contributed by atoms with E-state index in [2.05, 4.69) is 10.8 Å². The van der Waals surface area contributed by atoms with Gasteiger partial charge in [0.1, 0.15) is 5.76 Å². The summed E-state index contributed by atoms with van der Waals surface area (Å²) in [7, 11) is -6.09. The van der Waals surface area contributed by atoms with E-state index in [9.17, 15) is 8.42 Å². The van der Waals surface area contributed by atoms with Gasteiger partial charge in [0, 0.05) is 0 Å². The van der Waals surface area contributed by atoms with Gasteiger partial charge in [-0.1, -0.05) is 42.5 Å². The monoisotopic (exact) mass is 332 g/mol. The van der Waals surface area contributed by atoms with Gasteiger partial charge in [-0.15, -0.1) is 0 Å². The Balaban J connectivity index is 2.13. The molecule has 2 aromatic rings. The molecule has 1 heterocycles. The predicted molar refractivity (Wildman–Crippen MR) is 87.3 cm³/mol. The quantitative estimate of drug-likeness (QED) is 0.796. The predicted octanol–water partition coefficient (Wildman–Crippen LogP) is 0.372. The smallest absolute Gasteiger partial charge is 0.258 e. The summed E-state index contributed by atoms with van der Waals surface area (Å²) in [4.78, 5) is 5.61. The lowest BCUT2D eigenvalue weighted by Gasteiger charge is -2.24. The van der Waals surface area contributed by atoms with Crippen LogP contribution in [0.15, 0.2) is 71.0 Å². The van der Waals surface area contributed by atoms with E-state index in [1.165, 1.54) is 12.1 Å². The Morgan fingerprint density at radius 3 is 2.09 bits per heavy atom. The van der Waals surface area contributed by atoms with E-state index >= 15 is 0 Å². The van der Waals surface area contributed by atoms with Crippen LogP contribution >= 0.6 is 0 Å². The Kier molecular flexibility index (Phi) is 3.65. The average Bonchev–Trinajstić information content (AvgIpc) is 2.91. The van der Waals surface area contributed by atoms with Crippen LogP contribution < -0.4 is 20.7 Å². The molecule has 0 saturated heterocycles. The number of benzene rings is 2. The van der Waals surface area contributed by atoms with Crippen molar-refractivity contribution in [3.8, 4) is 0 Å². The summed E-state index contributed by atoms with van der Waals surface area (Å²) >= 11 is 0. The lowest BCUT2D eigenvalue weighted by atomic mass is 10.4. The number of nitrogens with two attached hydrogens (primary N) is 1. The van der Waals surface area contributed by atoms with Crippen LogP contribution in [0.1, 0.15) is 6.92 Å². The summed E-state index contributed by atoms with van der Waals surface area (Å²) in [5, 5.41) is 10.5. The fourth-order valence-electron chi connectivity index (χ4n) is 2.58. The zero-order chi connectivity index (χ0) is 15.8. The third kappa shape index (κ3) is 2.59. The Morgan fingerprint density at radius 1 is 1.00 bits per heavy atom. The van der Waals surface area contributed by atoms with E-state index in [0.717, 1.165) is 16.1 Å². The summed E-state index contributed by atoms with van der Waals surface area (Å²) < 4.78 is 22.8. The minimum Gasteiger partial charge on any atom is -0.420 e. The highest BCUT2D eigenvalue weighted by molar-refractivity contribution is 7.89. The minimum atomic E-state index is -3.69. The van der Waals surface area contributed by atoms with Crippen LogP contribution in [0.2, 0.25) is 0 Å². The highest BCUT2D eigenvalue weighted by Crippen LogP contribution is 2.15. The highest BCUT2D eigenvalue weighted by atomic mass is 32.2. The molecule has 0 fully saturated rings. The molecule has 1 unspecified atom stereocenters. The first-order valence-corrected chi connectivity index (χ1v) is 10.4. The largest absolute Gasteiger partial charge is 0.420 e. The van der Waals surface area contributed by atoms with Crippen LogP contribution in [-0.4, -0.2) is 16.7 Å². The van der Waals surface area contributed by atoms with Crippen molar-refractivity contribution in [2.45, 2.75) is 11.8 Å². The van der Waals surface area contributed by atoms with Crippen molar-refractivity contribution >= 4 is 28.6 Å². The topological polar surface area (TPSA) is 81.4 Å². The lowest BCUT2D eigenvalue weighted by Crippen LogP contribution is -2.65. The molecule has 114 valence electrons. The summed E-state index contributed by atoms with van der Waals surface area (Å²) in [6, 6.07) is 16.7. The molecule has 7 heteroatoms. The van der Waals surface area contributed by atoms with Gasteiger partial charge in [-0.3, -0.25) is 0 Å². The van der Waals surface area contributed by atoms with E-state index in [-0.39, 0.29) is 4.90 Å². The van der Waals surface area contributed by atoms with Crippen LogP contribution in [0.5, 0.6) is 0 Å². The second kappa shape index (κ2) is 5.36. The fraction of sp³-hybridized carbons (Fsp3) is 0.0667. The summed E-state index contributed by atoms with van der Waals surface area (Å²) in [5.74, 6) is 0.811. The van der Waals surface area contributed by atoms with Gasteiger partial charge in [0.05, 0.1) is 4.90 Å². The first-order chi connectivity index (χ1) is 10.4. The van der Waals surface area contributed by atoms with Crippen LogP contribution in [0.4, 0.5) is 0 Å². The number of allylic oxidation sites excluding steroid dienone is 1. The van der Waals surface area contributed by atoms with Crippen molar-refractivity contribution in [3.05, 3.63) is 66.1 Å². The van der Waals surface area contributed by atoms with Crippen molar-refractivity contribution in [2.24, 2.45) is 5.14 Å². The van der Waals surface area contributed by atoms with E-state index < -0.39 is 18.3 Å².